The molecule has 1 aromatic rings. The van der Waals surface area contributed by atoms with Gasteiger partial charge in [-0.3, -0.25) is 0 Å². The summed E-state index contributed by atoms with van der Waals surface area (Å²) in [4.78, 5) is 0. The Labute approximate surface area is 83.8 Å². The highest BCUT2D eigenvalue weighted by Crippen LogP contribution is 2.25. The smallest absolute Gasteiger partial charge is 0.109 e. The normalized spacial score (nSPS) is 29.7. The molecule has 1 atom stereocenters. The topological polar surface area (TPSA) is 29.5 Å². The molecule has 1 fully saturated rings. The molecule has 0 spiro atoms. The van der Waals surface area contributed by atoms with Crippen molar-refractivity contribution in [2.75, 3.05) is 13.2 Å². The first-order valence-electron chi connectivity index (χ1n) is 4.75. The second kappa shape index (κ2) is 3.56. The van der Waals surface area contributed by atoms with Gasteiger partial charge < -0.3 is 9.84 Å². The van der Waals surface area contributed by atoms with Crippen molar-refractivity contribution in [1.82, 2.24) is 0 Å². The van der Waals surface area contributed by atoms with Gasteiger partial charge in [0.25, 0.3) is 0 Å². The highest BCUT2D eigenvalue weighted by atomic mass is 16.5. The summed E-state index contributed by atoms with van der Waals surface area (Å²) in [5.41, 5.74) is 1.26. The maximum atomic E-state index is 9.92. The van der Waals surface area contributed by atoms with Gasteiger partial charge in [0.1, 0.15) is 5.60 Å². The van der Waals surface area contributed by atoms with Crippen LogP contribution in [0.1, 0.15) is 12.5 Å². The third kappa shape index (κ3) is 1.86. The Morgan fingerprint density at radius 2 is 2.07 bits per heavy atom. The molecule has 0 aromatic heterocycles. The second-order valence-corrected chi connectivity index (χ2v) is 3.85. The van der Waals surface area contributed by atoms with Crippen LogP contribution in [0.4, 0.5) is 0 Å². The van der Waals surface area contributed by atoms with E-state index in [1.807, 2.05) is 36.4 Å². The quantitative estimate of drug-likeness (QED) is 0.732. The van der Waals surface area contributed by atoms with Crippen molar-refractivity contribution in [2.45, 2.75) is 12.5 Å². The summed E-state index contributed by atoms with van der Waals surface area (Å²) in [6, 6.07) is 9.97. The molecule has 74 valence electrons. The van der Waals surface area contributed by atoms with Crippen LogP contribution in [-0.4, -0.2) is 23.9 Å². The van der Waals surface area contributed by atoms with Gasteiger partial charge >= 0.3 is 0 Å². The van der Waals surface area contributed by atoms with E-state index in [2.05, 4.69) is 0 Å². The van der Waals surface area contributed by atoms with Crippen LogP contribution in [0, 0.1) is 0 Å². The Bertz CT molecular complexity index is 339. The summed E-state index contributed by atoms with van der Waals surface area (Å²) in [5, 5.41) is 9.92. The third-order valence-corrected chi connectivity index (χ3v) is 2.47. The largest absolute Gasteiger partial charge is 0.383 e. The van der Waals surface area contributed by atoms with Crippen LogP contribution in [0.3, 0.4) is 0 Å². The standard InChI is InChI=1S/C12H14O2/c1-12(13)9-14-8-11(12)7-10-5-3-2-4-6-10/h2-7,13H,8-9H2,1H3/b11-7+/t12-/m1/s1. The lowest BCUT2D eigenvalue weighted by Crippen LogP contribution is -2.25. The van der Waals surface area contributed by atoms with Crippen molar-refractivity contribution in [1.29, 1.82) is 0 Å². The van der Waals surface area contributed by atoms with Gasteiger partial charge in [0.05, 0.1) is 13.2 Å². The Morgan fingerprint density at radius 3 is 2.64 bits per heavy atom. The molecule has 0 saturated carbocycles. The van der Waals surface area contributed by atoms with E-state index in [0.717, 1.165) is 11.1 Å². The lowest BCUT2D eigenvalue weighted by atomic mass is 9.98. The van der Waals surface area contributed by atoms with Gasteiger partial charge in [-0.05, 0) is 18.1 Å². The van der Waals surface area contributed by atoms with Gasteiger partial charge in [0, 0.05) is 0 Å². The average molecular weight is 190 g/mol. The molecule has 2 heteroatoms. The lowest BCUT2D eigenvalue weighted by Gasteiger charge is -2.15. The summed E-state index contributed by atoms with van der Waals surface area (Å²) >= 11 is 0. The van der Waals surface area contributed by atoms with Gasteiger partial charge in [-0.1, -0.05) is 36.4 Å². The van der Waals surface area contributed by atoms with Crippen molar-refractivity contribution in [2.24, 2.45) is 0 Å². The molecule has 0 amide bonds. The molecule has 0 radical (unpaired) electrons. The number of aliphatic hydroxyl groups is 1. The number of rotatable bonds is 1. The molecule has 1 aliphatic heterocycles. The Kier molecular flexibility index (Phi) is 2.40. The summed E-state index contributed by atoms with van der Waals surface area (Å²) in [5.74, 6) is 0. The average Bonchev–Trinajstić information content (AvgIpc) is 2.48. The molecule has 14 heavy (non-hydrogen) atoms. The first-order valence-corrected chi connectivity index (χ1v) is 4.75. The van der Waals surface area contributed by atoms with E-state index < -0.39 is 5.60 Å². The van der Waals surface area contributed by atoms with E-state index in [0.29, 0.717) is 13.2 Å². The predicted molar refractivity (Wildman–Crippen MR) is 55.9 cm³/mol. The van der Waals surface area contributed by atoms with Crippen molar-refractivity contribution in [3.8, 4) is 0 Å². The molecular formula is C12H14O2. The maximum absolute atomic E-state index is 9.92. The Hall–Kier alpha value is -1.12. The van der Waals surface area contributed by atoms with Crippen molar-refractivity contribution in [3.05, 3.63) is 41.5 Å². The van der Waals surface area contributed by atoms with Crippen LogP contribution in [0.2, 0.25) is 0 Å². The minimum Gasteiger partial charge on any atom is -0.383 e. The monoisotopic (exact) mass is 190 g/mol. The van der Waals surface area contributed by atoms with Crippen LogP contribution >= 0.6 is 0 Å². The van der Waals surface area contributed by atoms with E-state index in [4.69, 9.17) is 4.74 Å². The van der Waals surface area contributed by atoms with Gasteiger partial charge in [-0.2, -0.15) is 0 Å². The fourth-order valence-electron chi connectivity index (χ4n) is 1.56. The lowest BCUT2D eigenvalue weighted by molar-refractivity contribution is 0.0579. The minimum atomic E-state index is -0.796. The molecule has 1 saturated heterocycles. The van der Waals surface area contributed by atoms with Gasteiger partial charge in [0.2, 0.25) is 0 Å². The van der Waals surface area contributed by atoms with Crippen molar-refractivity contribution < 1.29 is 9.84 Å². The molecule has 0 unspecified atom stereocenters. The first-order chi connectivity index (χ1) is 6.68. The summed E-state index contributed by atoms with van der Waals surface area (Å²) < 4.78 is 5.23. The SMILES string of the molecule is C[C@@]1(O)COC/C1=C\c1ccccc1. The Balaban J connectivity index is 2.27. The summed E-state index contributed by atoms with van der Waals surface area (Å²) in [6.07, 6.45) is 1.99. The van der Waals surface area contributed by atoms with Crippen LogP contribution in [0.15, 0.2) is 35.9 Å². The predicted octanol–water partition coefficient (Wildman–Crippen LogP) is 1.85. The summed E-state index contributed by atoms with van der Waals surface area (Å²) in [6.45, 7) is 2.71. The zero-order chi connectivity index (χ0) is 10.0. The summed E-state index contributed by atoms with van der Waals surface area (Å²) in [7, 11) is 0. The minimum absolute atomic E-state index is 0.395. The number of benzene rings is 1. The van der Waals surface area contributed by atoms with Crippen LogP contribution < -0.4 is 0 Å². The van der Waals surface area contributed by atoms with E-state index in [9.17, 15) is 5.11 Å². The van der Waals surface area contributed by atoms with Crippen molar-refractivity contribution in [3.63, 3.8) is 0 Å². The first kappa shape index (κ1) is 9.44. The van der Waals surface area contributed by atoms with Crippen LogP contribution in [-0.2, 0) is 4.74 Å². The second-order valence-electron chi connectivity index (χ2n) is 3.85. The van der Waals surface area contributed by atoms with Gasteiger partial charge in [-0.25, -0.2) is 0 Å². The van der Waals surface area contributed by atoms with E-state index in [1.54, 1.807) is 6.92 Å². The van der Waals surface area contributed by atoms with Gasteiger partial charge in [0.15, 0.2) is 0 Å². The highest BCUT2D eigenvalue weighted by molar-refractivity contribution is 5.55. The molecule has 1 aromatic carbocycles. The molecule has 1 aliphatic rings. The van der Waals surface area contributed by atoms with E-state index in [-0.39, 0.29) is 0 Å². The van der Waals surface area contributed by atoms with Gasteiger partial charge in [-0.15, -0.1) is 0 Å². The molecule has 1 heterocycles. The van der Waals surface area contributed by atoms with Crippen LogP contribution in [0.5, 0.6) is 0 Å². The fraction of sp³-hybridized carbons (Fsp3) is 0.333. The van der Waals surface area contributed by atoms with E-state index >= 15 is 0 Å². The maximum Gasteiger partial charge on any atom is 0.109 e. The molecule has 0 aliphatic carbocycles. The molecule has 2 rings (SSSR count). The van der Waals surface area contributed by atoms with E-state index in [1.165, 1.54) is 0 Å². The zero-order valence-corrected chi connectivity index (χ0v) is 8.23. The number of ether oxygens (including phenoxy) is 1. The third-order valence-electron chi connectivity index (χ3n) is 2.47. The fourth-order valence-corrected chi connectivity index (χ4v) is 1.56. The van der Waals surface area contributed by atoms with Crippen LogP contribution in [0.25, 0.3) is 6.08 Å². The molecule has 0 bridgehead atoms. The molecule has 1 N–H and O–H groups in total. The zero-order valence-electron chi connectivity index (χ0n) is 8.23. The molecule has 2 nitrogen and oxygen atoms in total. The number of hydrogen-bond donors (Lipinski definition) is 1. The highest BCUT2D eigenvalue weighted by Gasteiger charge is 2.31. The number of hydrogen-bond acceptors (Lipinski definition) is 2. The van der Waals surface area contributed by atoms with Crippen molar-refractivity contribution >= 4 is 6.08 Å². The molecular weight excluding hydrogens is 176 g/mol. The Morgan fingerprint density at radius 1 is 1.36 bits per heavy atom.